The summed E-state index contributed by atoms with van der Waals surface area (Å²) in [6, 6.07) is 17.7. The van der Waals surface area contributed by atoms with Gasteiger partial charge in [0.25, 0.3) is 5.91 Å². The van der Waals surface area contributed by atoms with Crippen LogP contribution in [0.3, 0.4) is 0 Å². The molecule has 4 rings (SSSR count). The fourth-order valence-corrected chi connectivity index (χ4v) is 4.00. The van der Waals surface area contributed by atoms with Crippen LogP contribution in [0, 0.1) is 0 Å². The van der Waals surface area contributed by atoms with Crippen LogP contribution < -0.4 is 4.90 Å². The van der Waals surface area contributed by atoms with E-state index in [4.69, 9.17) is 0 Å². The zero-order valence-corrected chi connectivity index (χ0v) is 14.7. The first-order valence-corrected chi connectivity index (χ1v) is 9.15. The molecule has 25 heavy (non-hydrogen) atoms. The number of fused-ring (bicyclic) bond motifs is 1. The first-order valence-electron chi connectivity index (χ1n) is 8.28. The molecule has 126 valence electrons. The molecule has 1 unspecified atom stereocenters. The molecule has 1 aromatic heterocycles. The van der Waals surface area contributed by atoms with E-state index >= 15 is 0 Å². The molecule has 3 aromatic rings. The van der Waals surface area contributed by atoms with Crippen molar-refractivity contribution in [2.45, 2.75) is 23.5 Å². The molecule has 1 atom stereocenters. The maximum atomic E-state index is 13.1. The van der Waals surface area contributed by atoms with Crippen LogP contribution in [0.4, 0.5) is 5.69 Å². The summed E-state index contributed by atoms with van der Waals surface area (Å²) in [5.41, 5.74) is 2.15. The topological polar surface area (TPSA) is 51.0 Å². The van der Waals surface area contributed by atoms with Crippen LogP contribution in [0.15, 0.2) is 65.7 Å². The Morgan fingerprint density at radius 1 is 1.12 bits per heavy atom. The van der Waals surface area contributed by atoms with Gasteiger partial charge in [-0.05, 0) is 30.7 Å². The van der Waals surface area contributed by atoms with E-state index in [1.165, 1.54) is 4.80 Å². The lowest BCUT2D eigenvalue weighted by Crippen LogP contribution is -2.32. The molecule has 2 aromatic carbocycles. The molecule has 1 aliphatic rings. The summed E-state index contributed by atoms with van der Waals surface area (Å²) in [7, 11) is 0. The minimum absolute atomic E-state index is 0.107. The molecule has 0 aliphatic carbocycles. The molecule has 5 nitrogen and oxygen atoms in total. The molecule has 0 saturated carbocycles. The van der Waals surface area contributed by atoms with E-state index in [0.29, 0.717) is 17.5 Å². The van der Waals surface area contributed by atoms with E-state index in [0.717, 1.165) is 22.7 Å². The lowest BCUT2D eigenvalue weighted by Gasteiger charge is -2.21. The highest BCUT2D eigenvalue weighted by Gasteiger charge is 2.26. The quantitative estimate of drug-likeness (QED) is 0.705. The number of hydrogen-bond donors (Lipinski definition) is 0. The highest BCUT2D eigenvalue weighted by atomic mass is 32.2. The monoisotopic (exact) mass is 350 g/mol. The van der Waals surface area contributed by atoms with E-state index in [1.54, 1.807) is 6.20 Å². The van der Waals surface area contributed by atoms with Crippen LogP contribution in [0.5, 0.6) is 0 Å². The molecule has 0 saturated heterocycles. The summed E-state index contributed by atoms with van der Waals surface area (Å²) >= 11 is 1.82. The zero-order chi connectivity index (χ0) is 17.2. The first kappa shape index (κ1) is 15.9. The number of anilines is 1. The van der Waals surface area contributed by atoms with Crippen molar-refractivity contribution in [1.29, 1.82) is 0 Å². The Labute approximate surface area is 150 Å². The minimum Gasteiger partial charge on any atom is -0.306 e. The molecule has 0 bridgehead atoms. The standard InChI is InChI=1S/C19H18N4OS/c1-14-11-12-22(17-9-5-6-10-18(17)25-14)19(24)16-13-20-23(21-16)15-7-3-2-4-8-15/h2-10,13-14H,11-12H2,1H3. The van der Waals surface area contributed by atoms with Crippen molar-refractivity contribution in [2.24, 2.45) is 0 Å². The van der Waals surface area contributed by atoms with E-state index in [-0.39, 0.29) is 5.91 Å². The van der Waals surface area contributed by atoms with Gasteiger partial charge in [-0.25, -0.2) is 0 Å². The number of nitrogens with zero attached hydrogens (tertiary/aromatic N) is 4. The van der Waals surface area contributed by atoms with Gasteiger partial charge < -0.3 is 4.90 Å². The second kappa shape index (κ2) is 6.72. The highest BCUT2D eigenvalue weighted by Crippen LogP contribution is 2.37. The fourth-order valence-electron chi connectivity index (χ4n) is 2.88. The molecule has 1 aliphatic heterocycles. The van der Waals surface area contributed by atoms with E-state index < -0.39 is 0 Å². The second-order valence-corrected chi connectivity index (χ2v) is 7.48. The van der Waals surface area contributed by atoms with Gasteiger partial charge >= 0.3 is 0 Å². The van der Waals surface area contributed by atoms with E-state index in [2.05, 4.69) is 23.2 Å². The number of amides is 1. The molecule has 1 amide bonds. The number of hydrogen-bond acceptors (Lipinski definition) is 4. The van der Waals surface area contributed by atoms with Crippen LogP contribution in [-0.2, 0) is 0 Å². The maximum absolute atomic E-state index is 13.1. The summed E-state index contributed by atoms with van der Waals surface area (Å²) in [5.74, 6) is -0.107. The van der Waals surface area contributed by atoms with Crippen molar-refractivity contribution in [1.82, 2.24) is 15.0 Å². The number of benzene rings is 2. The third-order valence-corrected chi connectivity index (χ3v) is 5.42. The van der Waals surface area contributed by atoms with Gasteiger partial charge in [-0.2, -0.15) is 9.90 Å². The van der Waals surface area contributed by atoms with Gasteiger partial charge in [-0.1, -0.05) is 37.3 Å². The van der Waals surface area contributed by atoms with Gasteiger partial charge in [-0.15, -0.1) is 16.9 Å². The second-order valence-electron chi connectivity index (χ2n) is 6.00. The normalized spacial score (nSPS) is 17.0. The number of carbonyl (C=O) groups excluding carboxylic acids is 1. The van der Waals surface area contributed by atoms with Crippen molar-refractivity contribution in [2.75, 3.05) is 11.4 Å². The number of para-hydroxylation sites is 2. The molecular weight excluding hydrogens is 332 g/mol. The van der Waals surface area contributed by atoms with Crippen LogP contribution in [0.1, 0.15) is 23.8 Å². The third-order valence-electron chi connectivity index (χ3n) is 4.19. The largest absolute Gasteiger partial charge is 0.306 e. The van der Waals surface area contributed by atoms with Crippen molar-refractivity contribution in [3.63, 3.8) is 0 Å². The molecular formula is C19H18N4OS. The van der Waals surface area contributed by atoms with Crippen molar-refractivity contribution >= 4 is 23.4 Å². The first-order chi connectivity index (χ1) is 12.2. The lowest BCUT2D eigenvalue weighted by atomic mass is 10.2. The average Bonchev–Trinajstić information content (AvgIpc) is 3.07. The summed E-state index contributed by atoms with van der Waals surface area (Å²) in [6.07, 6.45) is 2.48. The smallest absolute Gasteiger partial charge is 0.280 e. The number of aromatic nitrogens is 3. The van der Waals surface area contributed by atoms with Crippen LogP contribution in [-0.4, -0.2) is 32.7 Å². The van der Waals surface area contributed by atoms with Gasteiger partial charge in [0.15, 0.2) is 5.69 Å². The fraction of sp³-hybridized carbons (Fsp3) is 0.211. The maximum Gasteiger partial charge on any atom is 0.280 e. The van der Waals surface area contributed by atoms with Crippen molar-refractivity contribution in [3.05, 3.63) is 66.5 Å². The number of thioether (sulfide) groups is 1. The third kappa shape index (κ3) is 3.17. The van der Waals surface area contributed by atoms with Gasteiger partial charge in [0.2, 0.25) is 0 Å². The zero-order valence-electron chi connectivity index (χ0n) is 13.9. The van der Waals surface area contributed by atoms with Gasteiger partial charge in [0, 0.05) is 16.7 Å². The van der Waals surface area contributed by atoms with Gasteiger partial charge in [0.05, 0.1) is 17.6 Å². The lowest BCUT2D eigenvalue weighted by molar-refractivity contribution is 0.0981. The van der Waals surface area contributed by atoms with Crippen molar-refractivity contribution < 1.29 is 4.79 Å². The van der Waals surface area contributed by atoms with E-state index in [9.17, 15) is 4.79 Å². The molecule has 0 N–H and O–H groups in total. The summed E-state index contributed by atoms with van der Waals surface area (Å²) in [6.45, 7) is 2.88. The molecule has 0 fully saturated rings. The number of rotatable bonds is 2. The van der Waals surface area contributed by atoms with Gasteiger partial charge in [-0.3, -0.25) is 4.79 Å². The Morgan fingerprint density at radius 3 is 2.72 bits per heavy atom. The minimum atomic E-state index is -0.107. The van der Waals surface area contributed by atoms with Crippen LogP contribution >= 0.6 is 11.8 Å². The average molecular weight is 350 g/mol. The molecule has 2 heterocycles. The Bertz CT molecular complexity index is 893. The SMILES string of the molecule is CC1CCN(C(=O)c2cnn(-c3ccccc3)n2)c2ccccc2S1. The predicted molar refractivity (Wildman–Crippen MR) is 99.4 cm³/mol. The summed E-state index contributed by atoms with van der Waals surface area (Å²) < 4.78 is 0. The Kier molecular flexibility index (Phi) is 4.28. The molecule has 0 spiro atoms. The number of carbonyl (C=O) groups is 1. The molecule has 0 radical (unpaired) electrons. The van der Waals surface area contributed by atoms with Gasteiger partial charge in [0.1, 0.15) is 0 Å². The summed E-state index contributed by atoms with van der Waals surface area (Å²) in [5, 5.41) is 9.11. The van der Waals surface area contributed by atoms with E-state index in [1.807, 2.05) is 65.2 Å². The summed E-state index contributed by atoms with van der Waals surface area (Å²) in [4.78, 5) is 17.5. The molecule has 6 heteroatoms. The Morgan fingerprint density at radius 2 is 1.88 bits per heavy atom. The van der Waals surface area contributed by atoms with Crippen LogP contribution in [0.2, 0.25) is 0 Å². The Hall–Kier alpha value is -2.60. The highest BCUT2D eigenvalue weighted by molar-refractivity contribution is 8.00. The predicted octanol–water partition coefficient (Wildman–Crippen LogP) is 3.80. The van der Waals surface area contributed by atoms with Crippen molar-refractivity contribution in [3.8, 4) is 5.69 Å². The van der Waals surface area contributed by atoms with Crippen LogP contribution in [0.25, 0.3) is 5.69 Å². The Balaban J connectivity index is 1.66.